The van der Waals surface area contributed by atoms with Gasteiger partial charge in [-0.05, 0) is 57.2 Å². The minimum Gasteiger partial charge on any atom is -0.494 e. The number of nitrogens with two attached hydrogens (primary N) is 1. The number of aryl methyl sites for hydroxylation is 1. The summed E-state index contributed by atoms with van der Waals surface area (Å²) in [6, 6.07) is 9.95. The Labute approximate surface area is 215 Å². The summed E-state index contributed by atoms with van der Waals surface area (Å²) < 4.78 is 40.3. The van der Waals surface area contributed by atoms with Gasteiger partial charge in [-0.3, -0.25) is 0 Å². The molecule has 0 aliphatic carbocycles. The second-order valence-electron chi connectivity index (χ2n) is 9.41. The van der Waals surface area contributed by atoms with Crippen molar-refractivity contribution in [2.24, 2.45) is 0 Å². The van der Waals surface area contributed by atoms with E-state index in [-0.39, 0.29) is 6.61 Å². The number of sulfonamides is 1. The first-order chi connectivity index (χ1) is 17.1. The Hall–Kier alpha value is -2.73. The lowest BCUT2D eigenvalue weighted by atomic mass is 10.1. The maximum atomic E-state index is 12.0. The Morgan fingerprint density at radius 1 is 1.22 bits per heavy atom. The molecule has 9 nitrogen and oxygen atoms in total. The van der Waals surface area contributed by atoms with Crippen LogP contribution in [0.25, 0.3) is 21.9 Å². The van der Waals surface area contributed by atoms with Gasteiger partial charge in [0, 0.05) is 35.0 Å². The molecule has 0 bridgehead atoms. The summed E-state index contributed by atoms with van der Waals surface area (Å²) in [6.45, 7) is 7.30. The molecule has 11 heteroatoms. The van der Waals surface area contributed by atoms with Crippen LogP contribution in [0.15, 0.2) is 35.7 Å². The number of nitrogens with zero attached hydrogens (tertiary/aromatic N) is 3. The fourth-order valence-electron chi connectivity index (χ4n) is 4.32. The number of aromatic nitrogens is 3. The zero-order valence-corrected chi connectivity index (χ0v) is 22.7. The first-order valence-corrected chi connectivity index (χ1v) is 14.6. The van der Waals surface area contributed by atoms with Gasteiger partial charge in [-0.1, -0.05) is 6.07 Å². The average Bonchev–Trinajstić information content (AvgIpc) is 3.42. The number of hydrogen-bond donors (Lipinski definition) is 2. The first kappa shape index (κ1) is 26.3. The molecule has 0 radical (unpaired) electrons. The van der Waals surface area contributed by atoms with Crippen LogP contribution in [0.5, 0.6) is 5.75 Å². The molecule has 3 heterocycles. The van der Waals surface area contributed by atoms with E-state index in [2.05, 4.69) is 27.2 Å². The molecule has 194 valence electrons. The molecule has 0 aliphatic rings. The number of anilines is 1. The van der Waals surface area contributed by atoms with Crippen molar-refractivity contribution >= 4 is 49.1 Å². The second-order valence-corrected chi connectivity index (χ2v) is 12.2. The van der Waals surface area contributed by atoms with Crippen LogP contribution in [0, 0.1) is 0 Å². The number of nitrogens with one attached hydrogen (secondary N) is 1. The third-order valence-corrected chi connectivity index (χ3v) is 7.48. The van der Waals surface area contributed by atoms with Gasteiger partial charge in [0.15, 0.2) is 5.82 Å². The fraction of sp³-hybridized carbons (Fsp3) is 0.440. The van der Waals surface area contributed by atoms with Crippen LogP contribution in [-0.4, -0.2) is 48.0 Å². The number of thiophene rings is 1. The largest absolute Gasteiger partial charge is 0.494 e. The summed E-state index contributed by atoms with van der Waals surface area (Å²) in [5.74, 6) is 1.68. The molecule has 4 rings (SSSR count). The van der Waals surface area contributed by atoms with Gasteiger partial charge in [0.1, 0.15) is 23.7 Å². The van der Waals surface area contributed by atoms with Crippen LogP contribution in [0.4, 0.5) is 5.82 Å². The molecule has 0 amide bonds. The minimum atomic E-state index is -3.42. The normalized spacial score (nSPS) is 12.6. The second kappa shape index (κ2) is 10.7. The number of pyridine rings is 1. The number of imidazole rings is 1. The van der Waals surface area contributed by atoms with Crippen LogP contribution >= 0.6 is 11.3 Å². The van der Waals surface area contributed by atoms with E-state index < -0.39 is 15.6 Å². The molecule has 3 N–H and O–H groups in total. The Morgan fingerprint density at radius 2 is 2.03 bits per heavy atom. The lowest BCUT2D eigenvalue weighted by Gasteiger charge is -2.27. The SMILES string of the molecule is CCOCc1nc2c(N)nc3cc(OCCCc4cccs4)ccc3c2n1CC(C)(C)NS(C)(=O)=O. The van der Waals surface area contributed by atoms with E-state index in [1.807, 2.05) is 43.5 Å². The van der Waals surface area contributed by atoms with Gasteiger partial charge in [-0.25, -0.2) is 23.1 Å². The van der Waals surface area contributed by atoms with E-state index in [1.165, 1.54) is 4.88 Å². The van der Waals surface area contributed by atoms with Crippen molar-refractivity contribution in [3.63, 3.8) is 0 Å². The number of ether oxygens (including phenoxy) is 2. The molecular formula is C25H33N5O4S2. The number of benzene rings is 1. The van der Waals surface area contributed by atoms with Gasteiger partial charge in [0.05, 0.1) is 23.9 Å². The van der Waals surface area contributed by atoms with Crippen molar-refractivity contribution in [2.75, 3.05) is 25.2 Å². The Bertz CT molecular complexity index is 1450. The molecule has 36 heavy (non-hydrogen) atoms. The molecule has 0 fully saturated rings. The van der Waals surface area contributed by atoms with Crippen molar-refractivity contribution in [3.8, 4) is 5.75 Å². The summed E-state index contributed by atoms with van der Waals surface area (Å²) >= 11 is 1.75. The molecule has 0 aliphatic heterocycles. The maximum absolute atomic E-state index is 12.0. The van der Waals surface area contributed by atoms with Gasteiger partial charge in [0.25, 0.3) is 0 Å². The Kier molecular flexibility index (Phi) is 7.84. The van der Waals surface area contributed by atoms with E-state index in [4.69, 9.17) is 20.2 Å². The van der Waals surface area contributed by atoms with Crippen molar-refractivity contribution in [3.05, 3.63) is 46.4 Å². The number of hydrogen-bond acceptors (Lipinski definition) is 8. The molecule has 0 spiro atoms. The van der Waals surface area contributed by atoms with Crippen molar-refractivity contribution < 1.29 is 17.9 Å². The average molecular weight is 532 g/mol. The molecule has 1 aromatic carbocycles. The van der Waals surface area contributed by atoms with E-state index in [1.54, 1.807) is 11.3 Å². The van der Waals surface area contributed by atoms with Crippen molar-refractivity contribution in [2.45, 2.75) is 52.3 Å². The molecule has 0 atom stereocenters. The third kappa shape index (κ3) is 6.33. The molecule has 4 aromatic rings. The first-order valence-electron chi connectivity index (χ1n) is 11.9. The van der Waals surface area contributed by atoms with Gasteiger partial charge in [-0.2, -0.15) is 0 Å². The summed E-state index contributed by atoms with van der Waals surface area (Å²) in [5.41, 5.74) is 7.61. The van der Waals surface area contributed by atoms with Crippen LogP contribution in [-0.2, 0) is 34.3 Å². The predicted octanol–water partition coefficient (Wildman–Crippen LogP) is 4.10. The zero-order chi connectivity index (χ0) is 25.9. The molecule has 0 unspecified atom stereocenters. The van der Waals surface area contributed by atoms with E-state index in [0.29, 0.717) is 42.4 Å². The highest BCUT2D eigenvalue weighted by molar-refractivity contribution is 7.88. The zero-order valence-electron chi connectivity index (χ0n) is 21.1. The van der Waals surface area contributed by atoms with Gasteiger partial charge in [0.2, 0.25) is 10.0 Å². The van der Waals surface area contributed by atoms with Crippen LogP contribution < -0.4 is 15.2 Å². The number of nitrogen functional groups attached to an aromatic ring is 1. The lowest BCUT2D eigenvalue weighted by Crippen LogP contribution is -2.46. The lowest BCUT2D eigenvalue weighted by molar-refractivity contribution is 0.125. The summed E-state index contributed by atoms with van der Waals surface area (Å²) in [7, 11) is -3.42. The van der Waals surface area contributed by atoms with Gasteiger partial charge in [-0.15, -0.1) is 11.3 Å². The van der Waals surface area contributed by atoms with E-state index in [9.17, 15) is 8.42 Å². The number of rotatable bonds is 12. The van der Waals surface area contributed by atoms with E-state index >= 15 is 0 Å². The molecule has 0 saturated heterocycles. The summed E-state index contributed by atoms with van der Waals surface area (Å²) in [5, 5.41) is 2.94. The monoisotopic (exact) mass is 531 g/mol. The summed E-state index contributed by atoms with van der Waals surface area (Å²) in [4.78, 5) is 10.7. The topological polar surface area (TPSA) is 121 Å². The molecule has 3 aromatic heterocycles. The maximum Gasteiger partial charge on any atom is 0.209 e. The minimum absolute atomic E-state index is 0.270. The van der Waals surface area contributed by atoms with Crippen molar-refractivity contribution in [1.82, 2.24) is 19.3 Å². The van der Waals surface area contributed by atoms with Gasteiger partial charge < -0.3 is 19.8 Å². The van der Waals surface area contributed by atoms with E-state index in [0.717, 1.165) is 35.7 Å². The quantitative estimate of drug-likeness (QED) is 0.264. The van der Waals surface area contributed by atoms with Crippen LogP contribution in [0.1, 0.15) is 37.9 Å². The van der Waals surface area contributed by atoms with Crippen molar-refractivity contribution in [1.29, 1.82) is 0 Å². The fourth-order valence-corrected chi connectivity index (χ4v) is 6.14. The van der Waals surface area contributed by atoms with Gasteiger partial charge >= 0.3 is 0 Å². The van der Waals surface area contributed by atoms with Crippen LogP contribution in [0.3, 0.4) is 0 Å². The standard InChI is InChI=1S/C25H33N5O4S2/c1-5-33-15-21-28-22-23(30(21)16-25(2,3)29-36(4,31)32)19-11-10-17(14-20(19)27-24(22)26)34-12-6-8-18-9-7-13-35-18/h7,9-11,13-14,29H,5-6,8,12,15-16H2,1-4H3,(H2,26,27). The number of fused-ring (bicyclic) bond motifs is 3. The predicted molar refractivity (Wildman–Crippen MR) is 145 cm³/mol. The highest BCUT2D eigenvalue weighted by Crippen LogP contribution is 2.32. The summed E-state index contributed by atoms with van der Waals surface area (Å²) in [6.07, 6.45) is 3.06. The van der Waals surface area contributed by atoms with Crippen LogP contribution in [0.2, 0.25) is 0 Å². The molecule has 0 saturated carbocycles. The highest BCUT2D eigenvalue weighted by Gasteiger charge is 2.27. The Morgan fingerprint density at radius 3 is 2.72 bits per heavy atom. The third-order valence-electron chi connectivity index (χ3n) is 5.62. The highest BCUT2D eigenvalue weighted by atomic mass is 32.2. The Balaban J connectivity index is 1.69. The smallest absolute Gasteiger partial charge is 0.209 e. The molecular weight excluding hydrogens is 498 g/mol.